The van der Waals surface area contributed by atoms with E-state index >= 15 is 0 Å². The number of rotatable bonds is 5. The zero-order chi connectivity index (χ0) is 19.7. The summed E-state index contributed by atoms with van der Waals surface area (Å²) in [5, 5.41) is 3.19. The molecule has 158 valence electrons. The number of ether oxygens (including phenoxy) is 1. The number of imide groups is 1. The van der Waals surface area contributed by atoms with Crippen LogP contribution in [0.25, 0.3) is 0 Å². The molecule has 0 aliphatic carbocycles. The van der Waals surface area contributed by atoms with Gasteiger partial charge in [0.1, 0.15) is 0 Å². The maximum absolute atomic E-state index is 12.9. The number of fused-ring (bicyclic) bond motifs is 1. The SMILES string of the molecule is CNCC1CCN(C(=O)c2ccc3c(c2)C(=O)N(CC2CCCO2)C3=O)CC1.Cl. The third-order valence-electron chi connectivity index (χ3n) is 6.02. The van der Waals surface area contributed by atoms with Crippen molar-refractivity contribution in [2.75, 3.05) is 39.8 Å². The Morgan fingerprint density at radius 1 is 1.14 bits per heavy atom. The minimum atomic E-state index is -0.321. The van der Waals surface area contributed by atoms with Crippen LogP contribution in [0.3, 0.4) is 0 Å². The summed E-state index contributed by atoms with van der Waals surface area (Å²) in [6, 6.07) is 4.88. The molecule has 1 unspecified atom stereocenters. The average Bonchev–Trinajstić information content (AvgIpc) is 3.31. The lowest BCUT2D eigenvalue weighted by atomic mass is 9.96. The fraction of sp³-hybridized carbons (Fsp3) is 0.571. The summed E-state index contributed by atoms with van der Waals surface area (Å²) in [7, 11) is 1.95. The fourth-order valence-corrected chi connectivity index (χ4v) is 4.39. The highest BCUT2D eigenvalue weighted by Crippen LogP contribution is 2.27. The Morgan fingerprint density at radius 3 is 2.52 bits per heavy atom. The van der Waals surface area contributed by atoms with E-state index in [1.165, 1.54) is 4.90 Å². The van der Waals surface area contributed by atoms with Gasteiger partial charge in [0.2, 0.25) is 0 Å². The summed E-state index contributed by atoms with van der Waals surface area (Å²) in [6.07, 6.45) is 3.69. The normalized spacial score (nSPS) is 22.0. The first-order chi connectivity index (χ1) is 13.6. The molecule has 1 aromatic carbocycles. The Kier molecular flexibility index (Phi) is 6.93. The molecular formula is C21H28ClN3O4. The number of likely N-dealkylation sites (tertiary alicyclic amines) is 1. The predicted octanol–water partition coefficient (Wildman–Crippen LogP) is 1.95. The zero-order valence-electron chi connectivity index (χ0n) is 16.7. The zero-order valence-corrected chi connectivity index (χ0v) is 17.5. The summed E-state index contributed by atoms with van der Waals surface area (Å²) in [6.45, 7) is 3.38. The lowest BCUT2D eigenvalue weighted by Crippen LogP contribution is -2.40. The van der Waals surface area contributed by atoms with E-state index in [2.05, 4.69) is 5.32 Å². The van der Waals surface area contributed by atoms with Gasteiger partial charge in [-0.1, -0.05) is 0 Å². The Labute approximate surface area is 177 Å². The molecule has 1 atom stereocenters. The van der Waals surface area contributed by atoms with E-state index in [0.717, 1.165) is 45.3 Å². The molecule has 0 spiro atoms. The van der Waals surface area contributed by atoms with Gasteiger partial charge >= 0.3 is 0 Å². The smallest absolute Gasteiger partial charge is 0.261 e. The van der Waals surface area contributed by atoms with Crippen LogP contribution in [-0.2, 0) is 4.74 Å². The van der Waals surface area contributed by atoms with Crippen molar-refractivity contribution in [3.8, 4) is 0 Å². The van der Waals surface area contributed by atoms with Crippen molar-refractivity contribution in [2.24, 2.45) is 5.92 Å². The standard InChI is InChI=1S/C21H27N3O4.ClH/c1-22-12-14-6-8-23(9-7-14)19(25)15-4-5-17-18(11-15)21(27)24(20(17)26)13-16-3-2-10-28-16;/h4-5,11,14,16,22H,2-3,6-10,12-13H2,1H3;1H. The number of carbonyl (C=O) groups excluding carboxylic acids is 3. The van der Waals surface area contributed by atoms with Gasteiger partial charge in [0.05, 0.1) is 23.8 Å². The Hall–Kier alpha value is -1.96. The minimum absolute atomic E-state index is 0. The number of benzene rings is 1. The van der Waals surface area contributed by atoms with Crippen LogP contribution in [0.5, 0.6) is 0 Å². The first-order valence-corrected chi connectivity index (χ1v) is 10.1. The maximum atomic E-state index is 12.9. The molecule has 0 aromatic heterocycles. The fourth-order valence-electron chi connectivity index (χ4n) is 4.39. The van der Waals surface area contributed by atoms with Gasteiger partial charge in [-0.25, -0.2) is 0 Å². The predicted molar refractivity (Wildman–Crippen MR) is 111 cm³/mol. The second-order valence-electron chi connectivity index (χ2n) is 7.91. The van der Waals surface area contributed by atoms with Crippen molar-refractivity contribution in [1.82, 2.24) is 15.1 Å². The van der Waals surface area contributed by atoms with Gasteiger partial charge in [0.15, 0.2) is 0 Å². The number of halogens is 1. The van der Waals surface area contributed by atoms with Gasteiger partial charge in [0, 0.05) is 25.3 Å². The quantitative estimate of drug-likeness (QED) is 0.735. The average molecular weight is 422 g/mol. The molecular weight excluding hydrogens is 394 g/mol. The highest BCUT2D eigenvalue weighted by molar-refractivity contribution is 6.22. The molecule has 3 aliphatic rings. The molecule has 3 amide bonds. The Morgan fingerprint density at radius 2 is 1.86 bits per heavy atom. The van der Waals surface area contributed by atoms with E-state index in [4.69, 9.17) is 4.74 Å². The van der Waals surface area contributed by atoms with Crippen molar-refractivity contribution in [1.29, 1.82) is 0 Å². The molecule has 3 heterocycles. The largest absolute Gasteiger partial charge is 0.376 e. The van der Waals surface area contributed by atoms with Crippen molar-refractivity contribution in [2.45, 2.75) is 31.8 Å². The second kappa shape index (κ2) is 9.24. The van der Waals surface area contributed by atoms with Crippen molar-refractivity contribution < 1.29 is 19.1 Å². The van der Waals surface area contributed by atoms with Crippen molar-refractivity contribution >= 4 is 30.1 Å². The first-order valence-electron chi connectivity index (χ1n) is 10.1. The maximum Gasteiger partial charge on any atom is 0.261 e. The van der Waals surface area contributed by atoms with Gasteiger partial charge in [-0.15, -0.1) is 12.4 Å². The molecule has 0 radical (unpaired) electrons. The number of amides is 3. The number of piperidine rings is 1. The molecule has 2 saturated heterocycles. The lowest BCUT2D eigenvalue weighted by molar-refractivity contribution is 0.0475. The summed E-state index contributed by atoms with van der Waals surface area (Å²) in [5.74, 6) is -0.0802. The van der Waals surface area contributed by atoms with Crippen LogP contribution >= 0.6 is 12.4 Å². The van der Waals surface area contributed by atoms with Crippen LogP contribution in [0.15, 0.2) is 18.2 Å². The highest BCUT2D eigenvalue weighted by atomic mass is 35.5. The Balaban J connectivity index is 0.00000240. The number of nitrogens with one attached hydrogen (secondary N) is 1. The molecule has 8 heteroatoms. The highest BCUT2D eigenvalue weighted by Gasteiger charge is 2.38. The van der Waals surface area contributed by atoms with Crippen LogP contribution < -0.4 is 5.32 Å². The molecule has 0 saturated carbocycles. The van der Waals surface area contributed by atoms with E-state index in [0.29, 0.717) is 29.2 Å². The first kappa shape index (κ1) is 21.7. The summed E-state index contributed by atoms with van der Waals surface area (Å²) in [4.78, 5) is 41.4. The van der Waals surface area contributed by atoms with Gasteiger partial charge in [0.25, 0.3) is 17.7 Å². The number of hydrogen-bond donors (Lipinski definition) is 1. The van der Waals surface area contributed by atoms with Crippen LogP contribution in [0, 0.1) is 5.92 Å². The second-order valence-corrected chi connectivity index (χ2v) is 7.91. The van der Waals surface area contributed by atoms with Gasteiger partial charge < -0.3 is 15.0 Å². The summed E-state index contributed by atoms with van der Waals surface area (Å²) < 4.78 is 5.57. The third kappa shape index (κ3) is 4.32. The molecule has 29 heavy (non-hydrogen) atoms. The summed E-state index contributed by atoms with van der Waals surface area (Å²) >= 11 is 0. The van der Waals surface area contributed by atoms with Gasteiger partial charge in [-0.3, -0.25) is 19.3 Å². The third-order valence-corrected chi connectivity index (χ3v) is 6.02. The number of carbonyl (C=O) groups is 3. The van der Waals surface area contributed by atoms with E-state index in [-0.39, 0.29) is 42.8 Å². The van der Waals surface area contributed by atoms with Gasteiger partial charge in [-0.2, -0.15) is 0 Å². The number of hydrogen-bond acceptors (Lipinski definition) is 5. The minimum Gasteiger partial charge on any atom is -0.376 e. The van der Waals surface area contributed by atoms with Crippen LogP contribution in [0.4, 0.5) is 0 Å². The van der Waals surface area contributed by atoms with Crippen LogP contribution in [0.2, 0.25) is 0 Å². The van der Waals surface area contributed by atoms with E-state index in [9.17, 15) is 14.4 Å². The molecule has 7 nitrogen and oxygen atoms in total. The number of nitrogens with zero attached hydrogens (tertiary/aromatic N) is 2. The monoisotopic (exact) mass is 421 g/mol. The van der Waals surface area contributed by atoms with Crippen molar-refractivity contribution in [3.05, 3.63) is 34.9 Å². The molecule has 0 bridgehead atoms. The molecule has 4 rings (SSSR count). The van der Waals surface area contributed by atoms with E-state index < -0.39 is 0 Å². The topological polar surface area (TPSA) is 79.0 Å². The Bertz CT molecular complexity index is 786. The van der Waals surface area contributed by atoms with Crippen LogP contribution in [0.1, 0.15) is 56.8 Å². The van der Waals surface area contributed by atoms with Crippen LogP contribution in [-0.4, -0.2) is 73.5 Å². The molecule has 1 N–H and O–H groups in total. The molecule has 2 fully saturated rings. The lowest BCUT2D eigenvalue weighted by Gasteiger charge is -2.32. The molecule has 3 aliphatic heterocycles. The molecule has 1 aromatic rings. The van der Waals surface area contributed by atoms with E-state index in [1.54, 1.807) is 18.2 Å². The summed E-state index contributed by atoms with van der Waals surface area (Å²) in [5.41, 5.74) is 1.19. The van der Waals surface area contributed by atoms with E-state index in [1.807, 2.05) is 11.9 Å². The van der Waals surface area contributed by atoms with Crippen molar-refractivity contribution in [3.63, 3.8) is 0 Å². The van der Waals surface area contributed by atoms with Gasteiger partial charge in [-0.05, 0) is 63.4 Å².